The molecule has 4 aliphatic carbocycles. The quantitative estimate of drug-likeness (QED) is 0.699. The SMILES string of the molecule is C#CCN(CC#C)C12CC3CC(C)(CC(C)(C3)C1)C2. The smallest absolute Gasteiger partial charge is 0.0612 e. The van der Waals surface area contributed by atoms with E-state index in [0.717, 1.165) is 5.92 Å². The lowest BCUT2D eigenvalue weighted by molar-refractivity contribution is -0.156. The summed E-state index contributed by atoms with van der Waals surface area (Å²) >= 11 is 0. The van der Waals surface area contributed by atoms with Crippen molar-refractivity contribution >= 4 is 0 Å². The Bertz CT molecular complexity index is 429. The number of terminal acetylenes is 2. The van der Waals surface area contributed by atoms with Gasteiger partial charge in [-0.15, -0.1) is 12.8 Å². The Morgan fingerprint density at radius 2 is 1.47 bits per heavy atom. The number of hydrogen-bond donors (Lipinski definition) is 0. The maximum Gasteiger partial charge on any atom is 0.0612 e. The zero-order chi connectivity index (χ0) is 13.7. The lowest BCUT2D eigenvalue weighted by atomic mass is 9.42. The molecule has 19 heavy (non-hydrogen) atoms. The largest absolute Gasteiger partial charge is 0.275 e. The molecule has 0 aliphatic heterocycles. The Balaban J connectivity index is 1.95. The number of nitrogens with zero attached hydrogens (tertiary/aromatic N) is 1. The van der Waals surface area contributed by atoms with Crippen LogP contribution >= 0.6 is 0 Å². The Labute approximate surface area is 118 Å². The predicted molar refractivity (Wildman–Crippen MR) is 79.4 cm³/mol. The highest BCUT2D eigenvalue weighted by molar-refractivity contribution is 5.17. The molecule has 1 heteroatoms. The lowest BCUT2D eigenvalue weighted by Crippen LogP contribution is -2.65. The molecule has 4 rings (SSSR count). The Kier molecular flexibility index (Phi) is 2.78. The van der Waals surface area contributed by atoms with Crippen LogP contribution in [0, 0.1) is 41.4 Å². The molecule has 2 unspecified atom stereocenters. The van der Waals surface area contributed by atoms with Gasteiger partial charge in [-0.05, 0) is 55.3 Å². The van der Waals surface area contributed by atoms with Crippen molar-refractivity contribution in [1.29, 1.82) is 0 Å². The van der Waals surface area contributed by atoms with Crippen LogP contribution in [-0.4, -0.2) is 23.5 Å². The highest BCUT2D eigenvalue weighted by Crippen LogP contribution is 2.67. The van der Waals surface area contributed by atoms with Gasteiger partial charge < -0.3 is 0 Å². The second-order valence-electron chi connectivity index (χ2n) is 8.12. The average molecular weight is 255 g/mol. The molecule has 102 valence electrons. The van der Waals surface area contributed by atoms with Gasteiger partial charge in [-0.3, -0.25) is 4.90 Å². The van der Waals surface area contributed by atoms with E-state index in [1.165, 1.54) is 38.5 Å². The van der Waals surface area contributed by atoms with Gasteiger partial charge in [-0.25, -0.2) is 0 Å². The van der Waals surface area contributed by atoms with Crippen molar-refractivity contribution in [2.75, 3.05) is 13.1 Å². The molecule has 1 nitrogen and oxygen atoms in total. The van der Waals surface area contributed by atoms with Crippen molar-refractivity contribution in [2.24, 2.45) is 16.7 Å². The van der Waals surface area contributed by atoms with Crippen LogP contribution in [0.1, 0.15) is 52.4 Å². The molecule has 0 aromatic rings. The molecule has 0 radical (unpaired) electrons. The normalized spacial score (nSPS) is 47.1. The fraction of sp³-hybridized carbons (Fsp3) is 0.778. The van der Waals surface area contributed by atoms with Gasteiger partial charge in [0.2, 0.25) is 0 Å². The minimum Gasteiger partial charge on any atom is -0.275 e. The van der Waals surface area contributed by atoms with E-state index in [1.807, 2.05) is 0 Å². The van der Waals surface area contributed by atoms with Gasteiger partial charge in [-0.1, -0.05) is 25.7 Å². The average Bonchev–Trinajstić information content (AvgIpc) is 2.23. The van der Waals surface area contributed by atoms with Crippen molar-refractivity contribution in [3.05, 3.63) is 0 Å². The highest BCUT2D eigenvalue weighted by atomic mass is 15.2. The summed E-state index contributed by atoms with van der Waals surface area (Å²) < 4.78 is 0. The van der Waals surface area contributed by atoms with E-state index in [-0.39, 0.29) is 0 Å². The van der Waals surface area contributed by atoms with Crippen LogP contribution in [0.15, 0.2) is 0 Å². The molecule has 0 saturated heterocycles. The van der Waals surface area contributed by atoms with Crippen molar-refractivity contribution in [3.63, 3.8) is 0 Å². The van der Waals surface area contributed by atoms with Crippen molar-refractivity contribution < 1.29 is 0 Å². The third kappa shape index (κ3) is 2.00. The molecule has 4 saturated carbocycles. The summed E-state index contributed by atoms with van der Waals surface area (Å²) in [5.74, 6) is 6.56. The summed E-state index contributed by atoms with van der Waals surface area (Å²) in [5, 5.41) is 0. The fourth-order valence-corrected chi connectivity index (χ4v) is 6.35. The van der Waals surface area contributed by atoms with Crippen LogP contribution in [0.5, 0.6) is 0 Å². The second kappa shape index (κ2) is 4.04. The van der Waals surface area contributed by atoms with Crippen molar-refractivity contribution in [1.82, 2.24) is 4.90 Å². The molecule has 0 heterocycles. The number of hydrogen-bond acceptors (Lipinski definition) is 1. The van der Waals surface area contributed by atoms with Crippen LogP contribution in [0.25, 0.3) is 0 Å². The van der Waals surface area contributed by atoms with Gasteiger partial charge in [-0.2, -0.15) is 0 Å². The summed E-state index contributed by atoms with van der Waals surface area (Å²) in [7, 11) is 0. The minimum absolute atomic E-state index is 0.293. The lowest BCUT2D eigenvalue weighted by Gasteiger charge is -2.67. The Morgan fingerprint density at radius 1 is 0.947 bits per heavy atom. The molecule has 0 amide bonds. The van der Waals surface area contributed by atoms with E-state index in [0.29, 0.717) is 29.5 Å². The molecule has 2 atom stereocenters. The second-order valence-corrected chi connectivity index (χ2v) is 8.12. The summed E-state index contributed by atoms with van der Waals surface area (Å²) in [4.78, 5) is 2.44. The molecule has 4 aliphatic rings. The monoisotopic (exact) mass is 255 g/mol. The molecular formula is C18H25N. The topological polar surface area (TPSA) is 3.24 Å². The molecule has 4 bridgehead atoms. The van der Waals surface area contributed by atoms with Crippen molar-refractivity contribution in [3.8, 4) is 24.7 Å². The van der Waals surface area contributed by atoms with Gasteiger partial charge in [0.1, 0.15) is 0 Å². The zero-order valence-electron chi connectivity index (χ0n) is 12.3. The van der Waals surface area contributed by atoms with E-state index < -0.39 is 0 Å². The first-order chi connectivity index (χ1) is 8.93. The first-order valence-corrected chi connectivity index (χ1v) is 7.55. The maximum atomic E-state index is 5.58. The van der Waals surface area contributed by atoms with E-state index in [1.54, 1.807) is 0 Å². The molecule has 0 spiro atoms. The van der Waals surface area contributed by atoms with Crippen LogP contribution in [0.2, 0.25) is 0 Å². The van der Waals surface area contributed by atoms with Crippen LogP contribution in [0.3, 0.4) is 0 Å². The third-order valence-corrected chi connectivity index (χ3v) is 5.83. The molecule has 0 N–H and O–H groups in total. The summed E-state index contributed by atoms with van der Waals surface area (Å²) in [6, 6.07) is 0. The van der Waals surface area contributed by atoms with Crippen LogP contribution in [-0.2, 0) is 0 Å². The van der Waals surface area contributed by atoms with Gasteiger partial charge in [0, 0.05) is 5.54 Å². The first kappa shape index (κ1) is 13.1. The van der Waals surface area contributed by atoms with E-state index in [2.05, 4.69) is 30.6 Å². The Morgan fingerprint density at radius 3 is 1.89 bits per heavy atom. The van der Waals surface area contributed by atoms with Gasteiger partial charge in [0.05, 0.1) is 13.1 Å². The van der Waals surface area contributed by atoms with Gasteiger partial charge >= 0.3 is 0 Å². The minimum atomic E-state index is 0.293. The van der Waals surface area contributed by atoms with Gasteiger partial charge in [0.15, 0.2) is 0 Å². The summed E-state index contributed by atoms with van der Waals surface area (Å²) in [6.45, 7) is 6.41. The fourth-order valence-electron chi connectivity index (χ4n) is 6.35. The summed E-state index contributed by atoms with van der Waals surface area (Å²) in [5.41, 5.74) is 1.34. The van der Waals surface area contributed by atoms with Crippen LogP contribution < -0.4 is 0 Å². The zero-order valence-corrected chi connectivity index (χ0v) is 12.3. The summed E-state index contributed by atoms with van der Waals surface area (Å²) in [6.07, 6.45) is 19.3. The molecule has 0 aromatic carbocycles. The predicted octanol–water partition coefficient (Wildman–Crippen LogP) is 3.30. The van der Waals surface area contributed by atoms with Crippen molar-refractivity contribution in [2.45, 2.75) is 57.9 Å². The number of rotatable bonds is 3. The van der Waals surface area contributed by atoms with Crippen LogP contribution in [0.4, 0.5) is 0 Å². The Hall–Kier alpha value is -0.920. The van der Waals surface area contributed by atoms with E-state index in [4.69, 9.17) is 12.8 Å². The van der Waals surface area contributed by atoms with E-state index in [9.17, 15) is 0 Å². The highest BCUT2D eigenvalue weighted by Gasteiger charge is 2.61. The third-order valence-electron chi connectivity index (χ3n) is 5.83. The van der Waals surface area contributed by atoms with Gasteiger partial charge in [0.25, 0.3) is 0 Å². The first-order valence-electron chi connectivity index (χ1n) is 7.55. The maximum absolute atomic E-state index is 5.58. The molecular weight excluding hydrogens is 230 g/mol. The van der Waals surface area contributed by atoms with E-state index >= 15 is 0 Å². The standard InChI is InChI=1S/C18H25N/c1-5-7-19(8-6-2)18-11-15-9-16(3,13-18)12-17(4,10-15)14-18/h1-2,15H,7-14H2,3-4H3. The molecule has 0 aromatic heterocycles. The molecule has 4 fully saturated rings.